The molecule has 0 spiro atoms. The molecule has 1 aliphatic rings. The minimum Gasteiger partial charge on any atom is -0.497 e. The maximum atomic E-state index is 13.6. The quantitative estimate of drug-likeness (QED) is 0.694. The maximum absolute atomic E-state index is 13.6. The molecule has 1 saturated heterocycles. The molecule has 0 unspecified atom stereocenters. The number of anilines is 1. The second-order valence-corrected chi connectivity index (χ2v) is 7.00. The molecule has 0 atom stereocenters. The molecule has 0 bridgehead atoms. The molecule has 2 aromatic carbocycles. The highest BCUT2D eigenvalue weighted by molar-refractivity contribution is 5.91. The molecule has 28 heavy (non-hydrogen) atoms. The summed E-state index contributed by atoms with van der Waals surface area (Å²) in [5, 5.41) is 5.28. The third kappa shape index (κ3) is 3.57. The van der Waals surface area contributed by atoms with Gasteiger partial charge >= 0.3 is 0 Å². The van der Waals surface area contributed by atoms with Gasteiger partial charge in [-0.3, -0.25) is 9.69 Å². The van der Waals surface area contributed by atoms with Crippen LogP contribution in [0.3, 0.4) is 0 Å². The third-order valence-corrected chi connectivity index (χ3v) is 5.20. The normalized spacial score (nSPS) is 15.2. The fourth-order valence-corrected chi connectivity index (χ4v) is 3.68. The van der Waals surface area contributed by atoms with Crippen LogP contribution in [-0.4, -0.2) is 53.9 Å². The number of aromatic nitrogens is 2. The van der Waals surface area contributed by atoms with E-state index in [9.17, 15) is 9.18 Å². The van der Waals surface area contributed by atoms with Gasteiger partial charge in [0.05, 0.1) is 18.3 Å². The first kappa shape index (κ1) is 18.4. The van der Waals surface area contributed by atoms with Crippen LogP contribution in [0.25, 0.3) is 10.9 Å². The van der Waals surface area contributed by atoms with Crippen LogP contribution in [0.1, 0.15) is 17.4 Å². The van der Waals surface area contributed by atoms with Crippen LogP contribution in [0, 0.1) is 5.82 Å². The topological polar surface area (TPSA) is 50.6 Å². The van der Waals surface area contributed by atoms with Crippen LogP contribution in [0.4, 0.5) is 10.1 Å². The number of carbonyl (C=O) groups is 1. The van der Waals surface area contributed by atoms with E-state index in [1.54, 1.807) is 13.2 Å². The smallest absolute Gasteiger partial charge is 0.244 e. The molecule has 146 valence electrons. The van der Waals surface area contributed by atoms with Crippen molar-refractivity contribution in [1.82, 2.24) is 14.7 Å². The summed E-state index contributed by atoms with van der Waals surface area (Å²) in [6.45, 7) is 5.68. The average molecular weight is 382 g/mol. The first-order valence-corrected chi connectivity index (χ1v) is 9.34. The number of methoxy groups -OCH3 is 1. The molecular weight excluding hydrogens is 359 g/mol. The maximum Gasteiger partial charge on any atom is 0.244 e. The fraction of sp³-hybridized carbons (Fsp3) is 0.333. The summed E-state index contributed by atoms with van der Waals surface area (Å²) >= 11 is 0. The number of benzene rings is 2. The minimum atomic E-state index is -0.366. The predicted molar refractivity (Wildman–Crippen MR) is 106 cm³/mol. The summed E-state index contributed by atoms with van der Waals surface area (Å²) in [5.74, 6) is 0.271. The monoisotopic (exact) mass is 382 g/mol. The van der Waals surface area contributed by atoms with Crippen LogP contribution >= 0.6 is 0 Å². The van der Waals surface area contributed by atoms with Gasteiger partial charge in [-0.25, -0.2) is 4.39 Å². The third-order valence-electron chi connectivity index (χ3n) is 5.20. The van der Waals surface area contributed by atoms with E-state index in [2.05, 4.69) is 27.0 Å². The number of halogens is 1. The summed E-state index contributed by atoms with van der Waals surface area (Å²) in [7, 11) is 1.67. The van der Waals surface area contributed by atoms with Crippen LogP contribution in [0.2, 0.25) is 0 Å². The SMILES string of the molecule is COc1ccc(N2CCN(Cc3nn(C(C)=O)c4cc(F)ccc34)CC2)cc1. The minimum absolute atomic E-state index is 0.217. The Kier molecular flexibility index (Phi) is 5.00. The van der Waals surface area contributed by atoms with Crippen molar-refractivity contribution >= 4 is 22.5 Å². The van der Waals surface area contributed by atoms with Gasteiger partial charge in [0.25, 0.3) is 0 Å². The zero-order valence-electron chi connectivity index (χ0n) is 16.1. The average Bonchev–Trinajstić information content (AvgIpc) is 3.06. The van der Waals surface area contributed by atoms with E-state index in [1.165, 1.54) is 29.4 Å². The lowest BCUT2D eigenvalue weighted by atomic mass is 10.2. The summed E-state index contributed by atoms with van der Waals surface area (Å²) in [6, 6.07) is 12.6. The van der Waals surface area contributed by atoms with Crippen molar-refractivity contribution in [2.75, 3.05) is 38.2 Å². The molecule has 0 radical (unpaired) electrons. The number of rotatable bonds is 4. The van der Waals surface area contributed by atoms with Gasteiger partial charge in [-0.15, -0.1) is 0 Å². The molecule has 0 aliphatic carbocycles. The molecule has 6 nitrogen and oxygen atoms in total. The summed E-state index contributed by atoms with van der Waals surface area (Å²) in [5.41, 5.74) is 2.52. The highest BCUT2D eigenvalue weighted by atomic mass is 19.1. The van der Waals surface area contributed by atoms with E-state index in [-0.39, 0.29) is 11.7 Å². The molecule has 0 amide bonds. The van der Waals surface area contributed by atoms with Crippen molar-refractivity contribution in [2.24, 2.45) is 0 Å². The largest absolute Gasteiger partial charge is 0.497 e. The summed E-state index contributed by atoms with van der Waals surface area (Å²) < 4.78 is 20.1. The van der Waals surface area contributed by atoms with Gasteiger partial charge in [-0.2, -0.15) is 9.78 Å². The summed E-state index contributed by atoms with van der Waals surface area (Å²) in [4.78, 5) is 16.5. The Hall–Kier alpha value is -2.93. The highest BCUT2D eigenvalue weighted by Gasteiger charge is 2.21. The van der Waals surface area contributed by atoms with E-state index >= 15 is 0 Å². The highest BCUT2D eigenvalue weighted by Crippen LogP contribution is 2.24. The zero-order chi connectivity index (χ0) is 19.7. The van der Waals surface area contributed by atoms with E-state index in [0.717, 1.165) is 43.0 Å². The molecule has 1 aliphatic heterocycles. The van der Waals surface area contributed by atoms with E-state index in [4.69, 9.17) is 4.74 Å². The second-order valence-electron chi connectivity index (χ2n) is 7.00. The molecule has 0 saturated carbocycles. The number of hydrogen-bond donors (Lipinski definition) is 0. The van der Waals surface area contributed by atoms with Crippen LogP contribution in [0.15, 0.2) is 42.5 Å². The van der Waals surface area contributed by atoms with Crippen LogP contribution < -0.4 is 9.64 Å². The fourth-order valence-electron chi connectivity index (χ4n) is 3.68. The van der Waals surface area contributed by atoms with Gasteiger partial charge in [0, 0.05) is 56.8 Å². The standard InChI is InChI=1S/C21H23FN4O2/c1-15(27)26-21-13-16(22)3-8-19(21)20(23-26)14-24-9-11-25(12-10-24)17-4-6-18(28-2)7-5-17/h3-8,13H,9-12,14H2,1-2H3. The Morgan fingerprint density at radius 2 is 1.82 bits per heavy atom. The Balaban J connectivity index is 1.47. The van der Waals surface area contributed by atoms with Gasteiger partial charge in [0.15, 0.2) is 0 Å². The molecule has 3 aromatic rings. The first-order chi connectivity index (χ1) is 13.5. The number of carbonyl (C=O) groups excluding carboxylic acids is 1. The number of hydrogen-bond acceptors (Lipinski definition) is 5. The van der Waals surface area contributed by atoms with Crippen molar-refractivity contribution < 1.29 is 13.9 Å². The van der Waals surface area contributed by atoms with Crippen LogP contribution in [-0.2, 0) is 6.54 Å². The molecule has 1 aromatic heterocycles. The molecule has 7 heteroatoms. The van der Waals surface area contributed by atoms with Crippen LogP contribution in [0.5, 0.6) is 5.75 Å². The van der Waals surface area contributed by atoms with Crippen molar-refractivity contribution in [3.05, 3.63) is 54.0 Å². The van der Waals surface area contributed by atoms with Gasteiger partial charge in [0.1, 0.15) is 11.6 Å². The van der Waals surface area contributed by atoms with Crippen molar-refractivity contribution in [3.8, 4) is 5.75 Å². The second kappa shape index (κ2) is 7.59. The lowest BCUT2D eigenvalue weighted by Crippen LogP contribution is -2.46. The van der Waals surface area contributed by atoms with E-state index in [1.807, 2.05) is 12.1 Å². The Bertz CT molecular complexity index is 992. The first-order valence-electron chi connectivity index (χ1n) is 9.34. The Morgan fingerprint density at radius 1 is 1.11 bits per heavy atom. The molecule has 2 heterocycles. The number of nitrogens with zero attached hydrogens (tertiary/aromatic N) is 4. The summed E-state index contributed by atoms with van der Waals surface area (Å²) in [6.07, 6.45) is 0. The predicted octanol–water partition coefficient (Wildman–Crippen LogP) is 3.17. The van der Waals surface area contributed by atoms with E-state index in [0.29, 0.717) is 12.1 Å². The van der Waals surface area contributed by atoms with Crippen molar-refractivity contribution in [2.45, 2.75) is 13.5 Å². The molecular formula is C21H23FN4O2. The molecule has 4 rings (SSSR count). The van der Waals surface area contributed by atoms with Gasteiger partial charge in [-0.05, 0) is 36.4 Å². The molecule has 0 N–H and O–H groups in total. The van der Waals surface area contributed by atoms with Crippen molar-refractivity contribution in [3.63, 3.8) is 0 Å². The zero-order valence-corrected chi connectivity index (χ0v) is 16.1. The molecule has 1 fully saturated rings. The van der Waals surface area contributed by atoms with Crippen molar-refractivity contribution in [1.29, 1.82) is 0 Å². The lowest BCUT2D eigenvalue weighted by molar-refractivity contribution is 0.0925. The van der Waals surface area contributed by atoms with Gasteiger partial charge < -0.3 is 9.64 Å². The van der Waals surface area contributed by atoms with E-state index < -0.39 is 0 Å². The van der Waals surface area contributed by atoms with Gasteiger partial charge in [0.2, 0.25) is 5.91 Å². The van der Waals surface area contributed by atoms with Gasteiger partial charge in [-0.1, -0.05) is 0 Å². The Morgan fingerprint density at radius 3 is 2.46 bits per heavy atom. The lowest BCUT2D eigenvalue weighted by Gasteiger charge is -2.35. The number of fused-ring (bicyclic) bond motifs is 1. The number of ether oxygens (including phenoxy) is 1. The Labute approximate surface area is 163 Å². The number of piperazine rings is 1.